The van der Waals surface area contributed by atoms with Crippen molar-refractivity contribution in [3.63, 3.8) is 0 Å². The fourth-order valence-corrected chi connectivity index (χ4v) is 4.43. The van der Waals surface area contributed by atoms with E-state index >= 15 is 0 Å². The molecule has 5 rings (SSSR count). The number of fused-ring (bicyclic) bond motifs is 3. The third kappa shape index (κ3) is 3.71. The van der Waals surface area contributed by atoms with Crippen molar-refractivity contribution in [1.29, 1.82) is 0 Å². The first-order chi connectivity index (χ1) is 15.6. The van der Waals surface area contributed by atoms with Gasteiger partial charge < -0.3 is 19.2 Å². The summed E-state index contributed by atoms with van der Waals surface area (Å²) in [5.41, 5.74) is 5.67. The molecule has 3 heterocycles. The Morgan fingerprint density at radius 1 is 1.03 bits per heavy atom. The first-order valence-electron chi connectivity index (χ1n) is 11.0. The van der Waals surface area contributed by atoms with Crippen LogP contribution in [0.15, 0.2) is 89.7 Å². The molecule has 0 bridgehead atoms. The molecule has 1 atom stereocenters. The highest BCUT2D eigenvalue weighted by molar-refractivity contribution is 5.76. The zero-order valence-electron chi connectivity index (χ0n) is 18.4. The van der Waals surface area contributed by atoms with Crippen LogP contribution in [0.4, 0.5) is 4.79 Å². The van der Waals surface area contributed by atoms with Gasteiger partial charge in [-0.2, -0.15) is 0 Å². The zero-order valence-corrected chi connectivity index (χ0v) is 18.4. The van der Waals surface area contributed by atoms with E-state index < -0.39 is 0 Å². The molecule has 5 heteroatoms. The molecule has 0 saturated heterocycles. The molecule has 1 N–H and O–H groups in total. The highest BCUT2D eigenvalue weighted by Crippen LogP contribution is 2.37. The van der Waals surface area contributed by atoms with E-state index in [0.717, 1.165) is 28.3 Å². The van der Waals surface area contributed by atoms with Crippen LogP contribution in [0.1, 0.15) is 54.0 Å². The number of hydrogen-bond acceptors (Lipinski definition) is 2. The highest BCUT2D eigenvalue weighted by Gasteiger charge is 2.32. The molecule has 2 aromatic carbocycles. The smallest absolute Gasteiger partial charge is 0.318 e. The van der Waals surface area contributed by atoms with Crippen LogP contribution >= 0.6 is 0 Å². The highest BCUT2D eigenvalue weighted by atomic mass is 16.3. The average Bonchev–Trinajstić information content (AvgIpc) is 3.48. The molecule has 2 amide bonds. The van der Waals surface area contributed by atoms with Gasteiger partial charge in [-0.25, -0.2) is 4.79 Å². The number of urea groups is 1. The first kappa shape index (κ1) is 20.2. The minimum absolute atomic E-state index is 0.121. The van der Waals surface area contributed by atoms with E-state index in [4.69, 9.17) is 4.42 Å². The summed E-state index contributed by atoms with van der Waals surface area (Å²) in [6.45, 7) is 5.25. The lowest BCUT2D eigenvalue weighted by Crippen LogP contribution is -2.41. The van der Waals surface area contributed by atoms with Crippen LogP contribution in [0.3, 0.4) is 0 Å². The number of nitrogens with zero attached hydrogens (tertiary/aromatic N) is 2. The lowest BCUT2D eigenvalue weighted by Gasteiger charge is -2.31. The maximum atomic E-state index is 13.5. The lowest BCUT2D eigenvalue weighted by molar-refractivity contribution is 0.179. The van der Waals surface area contributed by atoms with Crippen molar-refractivity contribution in [3.05, 3.63) is 113 Å². The minimum atomic E-state index is -0.213. The van der Waals surface area contributed by atoms with E-state index in [0.29, 0.717) is 19.0 Å². The van der Waals surface area contributed by atoms with Crippen LogP contribution in [-0.2, 0) is 13.1 Å². The van der Waals surface area contributed by atoms with Crippen LogP contribution in [0.2, 0.25) is 0 Å². The second kappa shape index (κ2) is 8.42. The Morgan fingerprint density at radius 2 is 1.84 bits per heavy atom. The number of furan rings is 1. The Balaban J connectivity index is 1.57. The summed E-state index contributed by atoms with van der Waals surface area (Å²) in [4.78, 5) is 15.4. The summed E-state index contributed by atoms with van der Waals surface area (Å²) in [5.74, 6) is 1.19. The van der Waals surface area contributed by atoms with Gasteiger partial charge >= 0.3 is 6.03 Å². The van der Waals surface area contributed by atoms with Crippen molar-refractivity contribution >= 4 is 6.03 Å². The summed E-state index contributed by atoms with van der Waals surface area (Å²) < 4.78 is 7.61. The maximum Gasteiger partial charge on any atom is 0.318 e. The Morgan fingerprint density at radius 3 is 2.59 bits per heavy atom. The SMILES string of the molecule is CC(C)c1ccc(C2c3cccn3-c3ccccc3CN2C(=O)NCc2ccco2)cc1. The van der Waals surface area contributed by atoms with Crippen molar-refractivity contribution in [3.8, 4) is 5.69 Å². The second-order valence-electron chi connectivity index (χ2n) is 8.52. The summed E-state index contributed by atoms with van der Waals surface area (Å²) in [6.07, 6.45) is 3.70. The molecule has 2 aromatic heterocycles. The normalized spacial score (nSPS) is 15.2. The number of carbonyl (C=O) groups excluding carboxylic acids is 1. The molecule has 4 aromatic rings. The second-order valence-corrected chi connectivity index (χ2v) is 8.52. The summed E-state index contributed by atoms with van der Waals surface area (Å²) >= 11 is 0. The fraction of sp³-hybridized carbons (Fsp3) is 0.222. The molecule has 162 valence electrons. The number of aromatic nitrogens is 1. The molecule has 32 heavy (non-hydrogen) atoms. The number of rotatable bonds is 4. The van der Waals surface area contributed by atoms with Gasteiger partial charge in [0.15, 0.2) is 0 Å². The molecule has 0 aliphatic carbocycles. The summed E-state index contributed by atoms with van der Waals surface area (Å²) in [7, 11) is 0. The van der Waals surface area contributed by atoms with E-state index in [2.05, 4.69) is 72.4 Å². The monoisotopic (exact) mass is 425 g/mol. The third-order valence-electron chi connectivity index (χ3n) is 6.14. The minimum Gasteiger partial charge on any atom is -0.467 e. The van der Waals surface area contributed by atoms with E-state index in [1.54, 1.807) is 6.26 Å². The van der Waals surface area contributed by atoms with Gasteiger partial charge in [0.2, 0.25) is 0 Å². The standard InChI is InChI=1S/C27H27N3O2/c1-19(2)20-11-13-21(14-12-20)26-25-10-5-15-29(25)24-9-4-3-7-22(24)18-30(26)27(31)28-17-23-8-6-16-32-23/h3-16,19,26H,17-18H2,1-2H3,(H,28,31). The van der Waals surface area contributed by atoms with Gasteiger partial charge in [-0.1, -0.05) is 56.3 Å². The van der Waals surface area contributed by atoms with Crippen molar-refractivity contribution in [2.45, 2.75) is 38.9 Å². The lowest BCUT2D eigenvalue weighted by atomic mass is 9.97. The van der Waals surface area contributed by atoms with Gasteiger partial charge in [0.25, 0.3) is 0 Å². The molecular weight excluding hydrogens is 398 g/mol. The van der Waals surface area contributed by atoms with Crippen molar-refractivity contribution in [2.24, 2.45) is 0 Å². The molecule has 0 spiro atoms. The van der Waals surface area contributed by atoms with Crippen LogP contribution < -0.4 is 5.32 Å². The molecule has 0 fully saturated rings. The molecule has 0 radical (unpaired) electrons. The van der Waals surface area contributed by atoms with Gasteiger partial charge in [-0.05, 0) is 52.9 Å². The number of benzene rings is 2. The average molecular weight is 426 g/mol. The Bertz CT molecular complexity index is 1210. The quantitative estimate of drug-likeness (QED) is 0.435. The van der Waals surface area contributed by atoms with Gasteiger partial charge in [0.05, 0.1) is 31.1 Å². The van der Waals surface area contributed by atoms with Gasteiger partial charge in [0, 0.05) is 11.9 Å². The molecule has 0 saturated carbocycles. The third-order valence-corrected chi connectivity index (χ3v) is 6.14. The van der Waals surface area contributed by atoms with Crippen LogP contribution in [-0.4, -0.2) is 15.5 Å². The molecule has 1 aliphatic heterocycles. The Kier molecular flexibility index (Phi) is 5.31. The predicted molar refractivity (Wildman–Crippen MR) is 125 cm³/mol. The molecular formula is C27H27N3O2. The number of hydrogen-bond donors (Lipinski definition) is 1. The van der Waals surface area contributed by atoms with Crippen molar-refractivity contribution < 1.29 is 9.21 Å². The zero-order chi connectivity index (χ0) is 22.1. The van der Waals surface area contributed by atoms with Crippen LogP contribution in [0.5, 0.6) is 0 Å². The largest absolute Gasteiger partial charge is 0.467 e. The predicted octanol–water partition coefficient (Wildman–Crippen LogP) is 6.01. The maximum absolute atomic E-state index is 13.5. The Hall–Kier alpha value is -3.73. The summed E-state index contributed by atoms with van der Waals surface area (Å²) in [6, 6.07) is 24.4. The van der Waals surface area contributed by atoms with Crippen molar-refractivity contribution in [1.82, 2.24) is 14.8 Å². The van der Waals surface area contributed by atoms with Crippen LogP contribution in [0, 0.1) is 0 Å². The van der Waals surface area contributed by atoms with E-state index in [1.165, 1.54) is 5.56 Å². The fourth-order valence-electron chi connectivity index (χ4n) is 4.43. The topological polar surface area (TPSA) is 50.4 Å². The summed E-state index contributed by atoms with van der Waals surface area (Å²) in [5, 5.41) is 3.05. The van der Waals surface area contributed by atoms with E-state index in [1.807, 2.05) is 35.2 Å². The van der Waals surface area contributed by atoms with Crippen molar-refractivity contribution in [2.75, 3.05) is 0 Å². The van der Waals surface area contributed by atoms with Gasteiger partial charge in [-0.3, -0.25) is 0 Å². The van der Waals surface area contributed by atoms with Gasteiger partial charge in [-0.15, -0.1) is 0 Å². The van der Waals surface area contributed by atoms with E-state index in [9.17, 15) is 4.79 Å². The molecule has 1 aliphatic rings. The first-order valence-corrected chi connectivity index (χ1v) is 11.0. The van der Waals surface area contributed by atoms with Crippen LogP contribution in [0.25, 0.3) is 5.69 Å². The van der Waals surface area contributed by atoms with E-state index in [-0.39, 0.29) is 12.1 Å². The van der Waals surface area contributed by atoms with Gasteiger partial charge in [0.1, 0.15) is 5.76 Å². The molecule has 5 nitrogen and oxygen atoms in total. The molecule has 1 unspecified atom stereocenters. The number of amides is 2. The number of para-hydroxylation sites is 1. The number of nitrogens with one attached hydrogen (secondary N) is 1. The number of carbonyl (C=O) groups is 1. The Labute approximate surface area is 188 Å².